The van der Waals surface area contributed by atoms with Gasteiger partial charge in [-0.25, -0.2) is 0 Å². The molecule has 2 heteroatoms. The van der Waals surface area contributed by atoms with Gasteiger partial charge in [-0.1, -0.05) is 32.4 Å². The lowest BCUT2D eigenvalue weighted by molar-refractivity contribution is -0.123. The number of rotatable bonds is 4. The molecule has 0 aromatic rings. The third-order valence-electron chi connectivity index (χ3n) is 3.26. The molecular formula is C13H23NO. The maximum atomic E-state index is 11.8. The second kappa shape index (κ2) is 4.38. The smallest absolute Gasteiger partial charge is 0.224 e. The Morgan fingerprint density at radius 3 is 2.47 bits per heavy atom. The monoisotopic (exact) mass is 209 g/mol. The first-order valence-electron chi connectivity index (χ1n) is 5.84. The van der Waals surface area contributed by atoms with Crippen molar-refractivity contribution in [3.05, 3.63) is 11.6 Å². The third-order valence-corrected chi connectivity index (χ3v) is 3.26. The molecule has 2 unspecified atom stereocenters. The largest absolute Gasteiger partial charge is 0.356 e. The van der Waals surface area contributed by atoms with Crippen LogP contribution in [0.5, 0.6) is 0 Å². The lowest BCUT2D eigenvalue weighted by atomic mass is 10.1. The topological polar surface area (TPSA) is 29.1 Å². The lowest BCUT2D eigenvalue weighted by Crippen LogP contribution is -2.27. The van der Waals surface area contributed by atoms with Crippen LogP contribution in [0.25, 0.3) is 0 Å². The Kier molecular flexibility index (Phi) is 3.58. The van der Waals surface area contributed by atoms with Gasteiger partial charge in [0.15, 0.2) is 0 Å². The molecule has 1 rings (SSSR count). The second-order valence-corrected chi connectivity index (χ2v) is 5.36. The summed E-state index contributed by atoms with van der Waals surface area (Å²) in [6, 6.07) is 0. The minimum absolute atomic E-state index is 0.148. The summed E-state index contributed by atoms with van der Waals surface area (Å²) in [6.45, 7) is 11.4. The lowest BCUT2D eigenvalue weighted by Gasteiger charge is -2.03. The molecule has 1 N–H and O–H groups in total. The van der Waals surface area contributed by atoms with Crippen molar-refractivity contribution < 1.29 is 4.79 Å². The van der Waals surface area contributed by atoms with Crippen molar-refractivity contribution in [3.63, 3.8) is 0 Å². The minimum atomic E-state index is 0.148. The van der Waals surface area contributed by atoms with E-state index in [0.717, 1.165) is 13.0 Å². The maximum Gasteiger partial charge on any atom is 0.224 e. The number of allylic oxidation sites excluding steroid dienone is 2. The highest BCUT2D eigenvalue weighted by Crippen LogP contribution is 2.59. The second-order valence-electron chi connectivity index (χ2n) is 5.36. The van der Waals surface area contributed by atoms with E-state index in [1.54, 1.807) is 0 Å². The molecule has 0 bridgehead atoms. The van der Waals surface area contributed by atoms with Crippen LogP contribution in [0.3, 0.4) is 0 Å². The molecule has 0 aromatic carbocycles. The number of carbonyl (C=O) groups is 1. The summed E-state index contributed by atoms with van der Waals surface area (Å²) < 4.78 is 0. The Hall–Kier alpha value is -0.790. The van der Waals surface area contributed by atoms with Gasteiger partial charge in [0.05, 0.1) is 5.92 Å². The third kappa shape index (κ3) is 2.61. The molecule has 0 radical (unpaired) electrons. The van der Waals surface area contributed by atoms with Crippen LogP contribution in [0.15, 0.2) is 11.6 Å². The van der Waals surface area contributed by atoms with Crippen molar-refractivity contribution in [1.82, 2.24) is 5.32 Å². The van der Waals surface area contributed by atoms with Gasteiger partial charge in [0.25, 0.3) is 0 Å². The molecule has 1 aliphatic carbocycles. The van der Waals surface area contributed by atoms with Crippen LogP contribution in [-0.4, -0.2) is 12.5 Å². The van der Waals surface area contributed by atoms with Crippen LogP contribution < -0.4 is 5.32 Å². The molecule has 1 fully saturated rings. The highest BCUT2D eigenvalue weighted by molar-refractivity contribution is 5.83. The summed E-state index contributed by atoms with van der Waals surface area (Å²) in [4.78, 5) is 11.8. The zero-order chi connectivity index (χ0) is 11.6. The van der Waals surface area contributed by atoms with E-state index in [0.29, 0.717) is 5.92 Å². The summed E-state index contributed by atoms with van der Waals surface area (Å²) in [7, 11) is 0. The molecular weight excluding hydrogens is 186 g/mol. The van der Waals surface area contributed by atoms with Crippen molar-refractivity contribution in [1.29, 1.82) is 0 Å². The van der Waals surface area contributed by atoms with Crippen LogP contribution in [0.4, 0.5) is 0 Å². The fraction of sp³-hybridized carbons (Fsp3) is 0.769. The molecule has 1 saturated carbocycles. The Morgan fingerprint density at radius 1 is 1.40 bits per heavy atom. The van der Waals surface area contributed by atoms with Gasteiger partial charge in [0.2, 0.25) is 5.91 Å². The Morgan fingerprint density at radius 2 is 2.00 bits per heavy atom. The standard InChI is InChI=1S/C13H23NO/c1-6-7-14-12(15)11-10(8-9(2)3)13(11,4)5/h8,10-11H,6-7H2,1-5H3,(H,14,15). The van der Waals surface area contributed by atoms with Gasteiger partial charge in [-0.2, -0.15) is 0 Å². The molecule has 1 aliphatic rings. The highest BCUT2D eigenvalue weighted by atomic mass is 16.2. The van der Waals surface area contributed by atoms with Crippen molar-refractivity contribution in [3.8, 4) is 0 Å². The average Bonchev–Trinajstić information content (AvgIpc) is 2.63. The Labute approximate surface area is 93.1 Å². The van der Waals surface area contributed by atoms with Gasteiger partial charge in [-0.15, -0.1) is 0 Å². The molecule has 1 amide bonds. The van der Waals surface area contributed by atoms with Crippen LogP contribution >= 0.6 is 0 Å². The van der Waals surface area contributed by atoms with E-state index in [2.05, 4.69) is 46.0 Å². The summed E-state index contributed by atoms with van der Waals surface area (Å²) in [6.07, 6.45) is 3.24. The van der Waals surface area contributed by atoms with Gasteiger partial charge in [0, 0.05) is 6.54 Å². The van der Waals surface area contributed by atoms with E-state index in [1.807, 2.05) is 0 Å². The van der Waals surface area contributed by atoms with Crippen LogP contribution in [0, 0.1) is 17.3 Å². The number of hydrogen-bond donors (Lipinski definition) is 1. The van der Waals surface area contributed by atoms with E-state index >= 15 is 0 Å². The summed E-state index contributed by atoms with van der Waals surface area (Å²) in [5, 5.41) is 2.98. The zero-order valence-corrected chi connectivity index (χ0v) is 10.6. The molecule has 2 nitrogen and oxygen atoms in total. The van der Waals surface area contributed by atoms with Gasteiger partial charge in [-0.3, -0.25) is 4.79 Å². The fourth-order valence-electron chi connectivity index (χ4n) is 2.21. The Bertz CT molecular complexity index is 274. The molecule has 86 valence electrons. The van der Waals surface area contributed by atoms with Gasteiger partial charge < -0.3 is 5.32 Å². The molecule has 0 aliphatic heterocycles. The minimum Gasteiger partial charge on any atom is -0.356 e. The molecule has 0 spiro atoms. The summed E-state index contributed by atoms with van der Waals surface area (Å²) >= 11 is 0. The van der Waals surface area contributed by atoms with E-state index in [9.17, 15) is 4.79 Å². The predicted octanol–water partition coefficient (Wildman–Crippen LogP) is 2.75. The summed E-state index contributed by atoms with van der Waals surface area (Å²) in [5.41, 5.74) is 1.45. The normalized spacial score (nSPS) is 27.0. The number of amides is 1. The quantitative estimate of drug-likeness (QED) is 0.709. The molecule has 2 atom stereocenters. The highest BCUT2D eigenvalue weighted by Gasteiger charge is 2.60. The van der Waals surface area contributed by atoms with Crippen LogP contribution in [0.1, 0.15) is 41.0 Å². The van der Waals surface area contributed by atoms with Gasteiger partial charge in [-0.05, 0) is 31.6 Å². The van der Waals surface area contributed by atoms with Crippen molar-refractivity contribution in [2.24, 2.45) is 17.3 Å². The first-order valence-corrected chi connectivity index (χ1v) is 5.84. The molecule has 15 heavy (non-hydrogen) atoms. The zero-order valence-electron chi connectivity index (χ0n) is 10.6. The van der Waals surface area contributed by atoms with E-state index in [4.69, 9.17) is 0 Å². The van der Waals surface area contributed by atoms with Crippen LogP contribution in [0.2, 0.25) is 0 Å². The van der Waals surface area contributed by atoms with E-state index in [-0.39, 0.29) is 17.2 Å². The van der Waals surface area contributed by atoms with Crippen molar-refractivity contribution in [2.75, 3.05) is 6.54 Å². The van der Waals surface area contributed by atoms with Gasteiger partial charge >= 0.3 is 0 Å². The van der Waals surface area contributed by atoms with Crippen LogP contribution in [-0.2, 0) is 4.79 Å². The predicted molar refractivity (Wildman–Crippen MR) is 63.5 cm³/mol. The van der Waals surface area contributed by atoms with E-state index in [1.165, 1.54) is 5.57 Å². The van der Waals surface area contributed by atoms with Crippen molar-refractivity contribution in [2.45, 2.75) is 41.0 Å². The number of carbonyl (C=O) groups excluding carboxylic acids is 1. The molecule has 0 aromatic heterocycles. The van der Waals surface area contributed by atoms with Gasteiger partial charge in [0.1, 0.15) is 0 Å². The molecule has 0 saturated heterocycles. The average molecular weight is 209 g/mol. The maximum absolute atomic E-state index is 11.8. The van der Waals surface area contributed by atoms with Crippen molar-refractivity contribution >= 4 is 5.91 Å². The first-order chi connectivity index (χ1) is 6.91. The fourth-order valence-corrected chi connectivity index (χ4v) is 2.21. The first kappa shape index (κ1) is 12.3. The number of hydrogen-bond acceptors (Lipinski definition) is 1. The molecule has 0 heterocycles. The Balaban J connectivity index is 2.58. The van der Waals surface area contributed by atoms with E-state index < -0.39 is 0 Å². The SMILES string of the molecule is CCCNC(=O)C1C(C=C(C)C)C1(C)C. The number of nitrogens with one attached hydrogen (secondary N) is 1. The summed E-state index contributed by atoms with van der Waals surface area (Å²) in [5.74, 6) is 0.836.